The van der Waals surface area contributed by atoms with E-state index >= 15 is 0 Å². The summed E-state index contributed by atoms with van der Waals surface area (Å²) in [6.07, 6.45) is 0. The Morgan fingerprint density at radius 2 is 0.853 bits per heavy atom. The number of ether oxygens (including phenoxy) is 2. The highest BCUT2D eigenvalue weighted by molar-refractivity contribution is 7.88. The predicted molar refractivity (Wildman–Crippen MR) is 114 cm³/mol. The third kappa shape index (κ3) is 5.25. The van der Waals surface area contributed by atoms with Gasteiger partial charge >= 0.3 is 0 Å². The largest absolute Gasteiger partial charge is 0.494 e. The molecule has 4 N–H and O–H groups in total. The SMILES string of the molecule is COc1c(Cl)cc(S(=O)(=O)O)c(-c2c(S(=O)(=O)O)cc(Cl)c(OC)c2S(=O)(=O)O)c1S(=O)(=O)O. The highest BCUT2D eigenvalue weighted by atomic mass is 35.5. The van der Waals surface area contributed by atoms with Crippen LogP contribution < -0.4 is 9.47 Å². The first-order chi connectivity index (χ1) is 15.2. The second kappa shape index (κ2) is 9.04. The molecule has 0 amide bonds. The van der Waals surface area contributed by atoms with Gasteiger partial charge in [-0.1, -0.05) is 23.2 Å². The highest BCUT2D eigenvalue weighted by Gasteiger charge is 2.40. The number of halogens is 2. The Morgan fingerprint density at radius 1 is 0.588 bits per heavy atom. The number of hydrogen-bond donors (Lipinski definition) is 4. The summed E-state index contributed by atoms with van der Waals surface area (Å²) in [4.78, 5) is -6.47. The van der Waals surface area contributed by atoms with Gasteiger partial charge in [0.1, 0.15) is 19.6 Å². The lowest BCUT2D eigenvalue weighted by Gasteiger charge is -2.21. The molecule has 0 aliphatic heterocycles. The van der Waals surface area contributed by atoms with Crippen LogP contribution in [0.1, 0.15) is 0 Å². The lowest BCUT2D eigenvalue weighted by molar-refractivity contribution is 0.394. The van der Waals surface area contributed by atoms with E-state index in [1.54, 1.807) is 0 Å². The molecule has 0 aromatic heterocycles. The molecule has 2 aromatic rings. The van der Waals surface area contributed by atoms with Crippen molar-refractivity contribution in [2.75, 3.05) is 14.2 Å². The summed E-state index contributed by atoms with van der Waals surface area (Å²) in [6.45, 7) is 0. The van der Waals surface area contributed by atoms with Crippen LogP contribution in [0.4, 0.5) is 0 Å². The summed E-state index contributed by atoms with van der Waals surface area (Å²) in [6, 6.07) is 0.644. The van der Waals surface area contributed by atoms with Crippen molar-refractivity contribution in [3.63, 3.8) is 0 Å². The van der Waals surface area contributed by atoms with Crippen LogP contribution in [0.3, 0.4) is 0 Å². The summed E-state index contributed by atoms with van der Waals surface area (Å²) in [5.41, 5.74) is -3.16. The van der Waals surface area contributed by atoms with E-state index in [0.717, 1.165) is 14.2 Å². The fourth-order valence-corrected chi connectivity index (χ4v) is 7.11. The quantitative estimate of drug-likeness (QED) is 0.330. The molecule has 0 bridgehead atoms. The molecule has 0 saturated heterocycles. The third-order valence-electron chi connectivity index (χ3n) is 4.04. The maximum Gasteiger partial charge on any atom is 0.298 e. The smallest absolute Gasteiger partial charge is 0.298 e. The minimum Gasteiger partial charge on any atom is -0.494 e. The summed E-state index contributed by atoms with van der Waals surface area (Å²) >= 11 is 11.6. The molecule has 0 fully saturated rings. The molecule has 0 spiro atoms. The van der Waals surface area contributed by atoms with E-state index in [1.165, 1.54) is 0 Å². The van der Waals surface area contributed by atoms with Gasteiger partial charge in [0.15, 0.2) is 11.5 Å². The van der Waals surface area contributed by atoms with Gasteiger partial charge in [-0.05, 0) is 12.1 Å². The van der Waals surface area contributed by atoms with Crippen LogP contribution >= 0.6 is 23.2 Å². The monoisotopic (exact) mass is 602 g/mol. The van der Waals surface area contributed by atoms with Gasteiger partial charge < -0.3 is 9.47 Å². The lowest BCUT2D eigenvalue weighted by Crippen LogP contribution is -2.15. The third-order valence-corrected chi connectivity index (χ3v) is 8.17. The van der Waals surface area contributed by atoms with Crippen molar-refractivity contribution >= 4 is 63.7 Å². The van der Waals surface area contributed by atoms with E-state index < -0.39 is 92.7 Å². The molecule has 0 saturated carbocycles. The maximum atomic E-state index is 12.2. The molecular formula is C14H12Cl2O14S4. The maximum absolute atomic E-state index is 12.2. The van der Waals surface area contributed by atoms with E-state index in [-0.39, 0.29) is 0 Å². The molecule has 2 aromatic carbocycles. The Hall–Kier alpha value is -1.74. The summed E-state index contributed by atoms with van der Waals surface area (Å²) in [7, 11) is -21.0. The van der Waals surface area contributed by atoms with Crippen LogP contribution in [0.2, 0.25) is 10.0 Å². The van der Waals surface area contributed by atoms with Crippen LogP contribution in [0, 0.1) is 0 Å². The van der Waals surface area contributed by atoms with E-state index in [1.807, 2.05) is 0 Å². The predicted octanol–water partition coefficient (Wildman–Crippen LogP) is 1.66. The van der Waals surface area contributed by atoms with E-state index in [9.17, 15) is 51.9 Å². The summed E-state index contributed by atoms with van der Waals surface area (Å²) in [5, 5.41) is -1.73. The van der Waals surface area contributed by atoms with Gasteiger partial charge in [0.2, 0.25) is 0 Å². The first-order valence-electron chi connectivity index (χ1n) is 7.89. The molecule has 0 unspecified atom stereocenters. The standard InChI is InChI=1S/C14H12Cl2O14S4/c1-29-11-5(15)3-7(31(17,18)19)9(13(11)33(23,24)25)10-8(32(20,21)22)4-6(16)12(30-2)14(10)34(26,27)28/h3-4H,1-2H3,(H,17,18,19)(H,20,21,22)(H,23,24,25)(H,26,27,28). The average molecular weight is 603 g/mol. The van der Waals surface area contributed by atoms with Crippen molar-refractivity contribution in [1.82, 2.24) is 0 Å². The second-order valence-electron chi connectivity index (χ2n) is 6.09. The molecule has 190 valence electrons. The zero-order valence-electron chi connectivity index (χ0n) is 16.4. The van der Waals surface area contributed by atoms with Crippen molar-refractivity contribution in [3.8, 4) is 22.6 Å². The molecule has 34 heavy (non-hydrogen) atoms. The van der Waals surface area contributed by atoms with Crippen molar-refractivity contribution in [2.45, 2.75) is 19.6 Å². The topological polar surface area (TPSA) is 236 Å². The minimum atomic E-state index is -5.70. The van der Waals surface area contributed by atoms with Crippen LogP contribution in [0.15, 0.2) is 31.7 Å². The zero-order chi connectivity index (χ0) is 26.6. The first kappa shape index (κ1) is 28.5. The molecule has 2 rings (SSSR count). The van der Waals surface area contributed by atoms with Gasteiger partial charge in [0.25, 0.3) is 40.5 Å². The van der Waals surface area contributed by atoms with E-state index in [0.29, 0.717) is 12.1 Å². The van der Waals surface area contributed by atoms with Crippen LogP contribution in [-0.4, -0.2) is 66.1 Å². The normalized spacial score (nSPS) is 13.1. The highest BCUT2D eigenvalue weighted by Crippen LogP contribution is 2.51. The van der Waals surface area contributed by atoms with Gasteiger partial charge in [-0.15, -0.1) is 0 Å². The van der Waals surface area contributed by atoms with Crippen molar-refractivity contribution in [3.05, 3.63) is 22.2 Å². The van der Waals surface area contributed by atoms with Gasteiger partial charge in [-0.25, -0.2) is 0 Å². The van der Waals surface area contributed by atoms with Crippen LogP contribution in [0.5, 0.6) is 11.5 Å². The minimum absolute atomic E-state index is 0.322. The van der Waals surface area contributed by atoms with Gasteiger partial charge in [0, 0.05) is 11.1 Å². The van der Waals surface area contributed by atoms with Crippen LogP contribution in [0.25, 0.3) is 11.1 Å². The molecule has 14 nitrogen and oxygen atoms in total. The Balaban J connectivity index is 3.65. The van der Waals surface area contributed by atoms with E-state index in [2.05, 4.69) is 0 Å². The fourth-order valence-electron chi connectivity index (χ4n) is 2.93. The molecule has 0 heterocycles. The molecule has 0 aliphatic rings. The second-order valence-corrected chi connectivity index (χ2v) is 12.4. The number of rotatable bonds is 7. The number of hydrogen-bond acceptors (Lipinski definition) is 10. The average Bonchev–Trinajstić information content (AvgIpc) is 2.63. The van der Waals surface area contributed by atoms with Gasteiger partial charge in [-0.3, -0.25) is 18.2 Å². The lowest BCUT2D eigenvalue weighted by atomic mass is 10.0. The fraction of sp³-hybridized carbons (Fsp3) is 0.143. The molecular weight excluding hydrogens is 591 g/mol. The number of benzene rings is 2. The summed E-state index contributed by atoms with van der Waals surface area (Å²) < 4.78 is 146. The Kier molecular flexibility index (Phi) is 7.58. The first-order valence-corrected chi connectivity index (χ1v) is 14.4. The molecule has 0 aliphatic carbocycles. The summed E-state index contributed by atoms with van der Waals surface area (Å²) in [5.74, 6) is -2.08. The Bertz CT molecular complexity index is 1500. The van der Waals surface area contributed by atoms with Gasteiger partial charge in [0.05, 0.1) is 24.3 Å². The van der Waals surface area contributed by atoms with Crippen molar-refractivity contribution < 1.29 is 61.4 Å². The van der Waals surface area contributed by atoms with Crippen molar-refractivity contribution in [1.29, 1.82) is 0 Å². The van der Waals surface area contributed by atoms with Gasteiger partial charge in [-0.2, -0.15) is 33.7 Å². The van der Waals surface area contributed by atoms with E-state index in [4.69, 9.17) is 32.7 Å². The number of methoxy groups -OCH3 is 2. The Labute approximate surface area is 203 Å². The van der Waals surface area contributed by atoms with Crippen molar-refractivity contribution in [2.24, 2.45) is 0 Å². The molecule has 20 heteroatoms. The van der Waals surface area contributed by atoms with Crippen LogP contribution in [-0.2, 0) is 40.5 Å². The molecule has 0 atom stereocenters. The molecule has 0 radical (unpaired) electrons. The zero-order valence-corrected chi connectivity index (χ0v) is 21.2. The Morgan fingerprint density at radius 3 is 1.03 bits per heavy atom.